The van der Waals surface area contributed by atoms with Crippen molar-refractivity contribution in [3.8, 4) is 6.07 Å². The van der Waals surface area contributed by atoms with Gasteiger partial charge in [-0.05, 0) is 51.8 Å². The molecule has 1 amide bonds. The highest BCUT2D eigenvalue weighted by Crippen LogP contribution is 2.39. The van der Waals surface area contributed by atoms with E-state index < -0.39 is 5.54 Å². The van der Waals surface area contributed by atoms with Gasteiger partial charge in [0.05, 0.1) is 28.9 Å². The summed E-state index contributed by atoms with van der Waals surface area (Å²) in [4.78, 5) is 19.0. The maximum atomic E-state index is 12.3. The minimum atomic E-state index is -0.739. The molecule has 2 aromatic rings. The molecule has 1 aromatic heterocycles. The van der Waals surface area contributed by atoms with Crippen molar-refractivity contribution in [1.29, 1.82) is 5.26 Å². The number of hydrogen-bond acceptors (Lipinski definition) is 5. The zero-order valence-corrected chi connectivity index (χ0v) is 15.1. The Labute approximate surface area is 146 Å². The number of likely N-dealkylation sites (N-methyl/N-ethyl adjacent to an activating group) is 1. The fraction of sp³-hybridized carbons (Fsp3) is 0.500. The highest BCUT2D eigenvalue weighted by Gasteiger charge is 2.43. The van der Waals surface area contributed by atoms with Gasteiger partial charge in [0.2, 0.25) is 5.91 Å². The van der Waals surface area contributed by atoms with E-state index in [1.807, 2.05) is 37.1 Å². The molecule has 0 unspecified atom stereocenters. The number of hydrogen-bond donors (Lipinski definition) is 1. The Kier molecular flexibility index (Phi) is 4.57. The third kappa shape index (κ3) is 3.42. The molecule has 1 fully saturated rings. The van der Waals surface area contributed by atoms with Crippen LogP contribution in [0.1, 0.15) is 37.7 Å². The molecule has 6 heteroatoms. The number of amides is 1. The average molecular weight is 342 g/mol. The zero-order valence-electron chi connectivity index (χ0n) is 14.2. The van der Waals surface area contributed by atoms with Gasteiger partial charge in [0.1, 0.15) is 10.5 Å². The van der Waals surface area contributed by atoms with Crippen LogP contribution in [0.15, 0.2) is 24.3 Å². The van der Waals surface area contributed by atoms with Gasteiger partial charge in [-0.15, -0.1) is 11.3 Å². The fourth-order valence-corrected chi connectivity index (χ4v) is 3.92. The third-order valence-electron chi connectivity index (χ3n) is 4.75. The number of rotatable bonds is 6. The zero-order chi connectivity index (χ0) is 17.3. The lowest BCUT2D eigenvalue weighted by molar-refractivity contribution is -0.123. The second kappa shape index (κ2) is 6.50. The molecule has 126 valence electrons. The summed E-state index contributed by atoms with van der Waals surface area (Å²) in [5.41, 5.74) is 0.254. The van der Waals surface area contributed by atoms with E-state index in [0.717, 1.165) is 28.1 Å². The predicted octanol–water partition coefficient (Wildman–Crippen LogP) is 3.10. The summed E-state index contributed by atoms with van der Waals surface area (Å²) in [6.07, 6.45) is 2.03. The Morgan fingerprint density at radius 2 is 2.25 bits per heavy atom. The highest BCUT2D eigenvalue weighted by molar-refractivity contribution is 7.18. The summed E-state index contributed by atoms with van der Waals surface area (Å²) < 4.78 is 1.16. The maximum Gasteiger partial charge on any atom is 0.235 e. The number of nitrogens with one attached hydrogen (secondary N) is 1. The number of para-hydroxylation sites is 1. The highest BCUT2D eigenvalue weighted by atomic mass is 32.1. The summed E-state index contributed by atoms with van der Waals surface area (Å²) in [6, 6.07) is 10.4. The van der Waals surface area contributed by atoms with E-state index in [0.29, 0.717) is 5.92 Å². The quantitative estimate of drug-likeness (QED) is 0.876. The van der Waals surface area contributed by atoms with Crippen molar-refractivity contribution in [3.63, 3.8) is 0 Å². The lowest BCUT2D eigenvalue weighted by Crippen LogP contribution is -2.50. The van der Waals surface area contributed by atoms with Gasteiger partial charge in [-0.1, -0.05) is 12.1 Å². The van der Waals surface area contributed by atoms with Crippen molar-refractivity contribution in [3.05, 3.63) is 29.3 Å². The molecule has 1 aliphatic carbocycles. The molecule has 1 aromatic carbocycles. The molecule has 0 spiro atoms. The fourth-order valence-electron chi connectivity index (χ4n) is 2.83. The number of thiazole rings is 1. The Balaban J connectivity index is 1.64. The molecule has 0 aliphatic heterocycles. The molecule has 1 heterocycles. The Morgan fingerprint density at radius 1 is 1.54 bits per heavy atom. The van der Waals surface area contributed by atoms with Gasteiger partial charge in [-0.2, -0.15) is 5.26 Å². The summed E-state index contributed by atoms with van der Waals surface area (Å²) in [7, 11) is 1.91. The van der Waals surface area contributed by atoms with Crippen LogP contribution in [0, 0.1) is 17.2 Å². The van der Waals surface area contributed by atoms with Crippen molar-refractivity contribution in [1.82, 2.24) is 15.2 Å². The molecule has 3 rings (SSSR count). The maximum absolute atomic E-state index is 12.3. The molecule has 0 bridgehead atoms. The minimum Gasteiger partial charge on any atom is -0.337 e. The van der Waals surface area contributed by atoms with Gasteiger partial charge in [0, 0.05) is 0 Å². The largest absolute Gasteiger partial charge is 0.337 e. The number of aromatic nitrogens is 1. The number of nitriles is 1. The van der Waals surface area contributed by atoms with E-state index in [2.05, 4.69) is 29.4 Å². The molecule has 1 saturated carbocycles. The average Bonchev–Trinajstić information content (AvgIpc) is 3.33. The van der Waals surface area contributed by atoms with E-state index in [1.165, 1.54) is 0 Å². The van der Waals surface area contributed by atoms with Crippen LogP contribution in [-0.2, 0) is 4.79 Å². The summed E-state index contributed by atoms with van der Waals surface area (Å²) in [5, 5.41) is 13.3. The standard InChI is InChI=1S/C18H22N4OS/c1-12(17-20-14-6-4-5-7-15(14)24-17)22(3)10-16(23)21-18(2,11-19)13-8-9-13/h4-7,12-13H,8-10H2,1-3H3,(H,21,23)/t12-,18+/m1/s1. The van der Waals surface area contributed by atoms with Gasteiger partial charge < -0.3 is 5.32 Å². The summed E-state index contributed by atoms with van der Waals surface area (Å²) in [5.74, 6) is 0.180. The molecule has 0 saturated heterocycles. The monoisotopic (exact) mass is 342 g/mol. The van der Waals surface area contributed by atoms with Crippen molar-refractivity contribution in [2.24, 2.45) is 5.92 Å². The normalized spacial score (nSPS) is 18.1. The SMILES string of the molecule is C[C@H](c1nc2ccccc2s1)N(C)CC(=O)N[C@@](C)(C#N)C1CC1. The second-order valence-electron chi connectivity index (χ2n) is 6.75. The van der Waals surface area contributed by atoms with Crippen LogP contribution in [0.4, 0.5) is 0 Å². The van der Waals surface area contributed by atoms with Crippen LogP contribution in [0.2, 0.25) is 0 Å². The van der Waals surface area contributed by atoms with Gasteiger partial charge in [-0.3, -0.25) is 9.69 Å². The molecule has 5 nitrogen and oxygen atoms in total. The molecule has 1 N–H and O–H groups in total. The topological polar surface area (TPSA) is 69.0 Å². The number of carbonyl (C=O) groups excluding carboxylic acids is 1. The Morgan fingerprint density at radius 3 is 2.88 bits per heavy atom. The van der Waals surface area contributed by atoms with E-state index >= 15 is 0 Å². The Bertz CT molecular complexity index is 759. The van der Waals surface area contributed by atoms with Crippen LogP contribution >= 0.6 is 11.3 Å². The van der Waals surface area contributed by atoms with Crippen molar-refractivity contribution in [2.75, 3.05) is 13.6 Å². The summed E-state index contributed by atoms with van der Waals surface area (Å²) in [6.45, 7) is 4.12. The Hall–Kier alpha value is -1.97. The van der Waals surface area contributed by atoms with E-state index in [4.69, 9.17) is 0 Å². The van der Waals surface area contributed by atoms with Crippen LogP contribution in [0.3, 0.4) is 0 Å². The molecule has 2 atom stereocenters. The van der Waals surface area contributed by atoms with E-state index in [-0.39, 0.29) is 18.5 Å². The first-order chi connectivity index (χ1) is 11.4. The second-order valence-corrected chi connectivity index (χ2v) is 7.81. The van der Waals surface area contributed by atoms with Gasteiger partial charge in [-0.25, -0.2) is 4.98 Å². The number of carbonyl (C=O) groups is 1. The van der Waals surface area contributed by atoms with E-state index in [1.54, 1.807) is 11.3 Å². The first-order valence-corrected chi connectivity index (χ1v) is 9.02. The number of fused-ring (bicyclic) bond motifs is 1. The van der Waals surface area contributed by atoms with Gasteiger partial charge in [0.15, 0.2) is 0 Å². The van der Waals surface area contributed by atoms with Crippen molar-refractivity contribution < 1.29 is 4.79 Å². The molecule has 1 aliphatic rings. The number of benzene rings is 1. The lowest BCUT2D eigenvalue weighted by Gasteiger charge is -2.26. The molecule has 0 radical (unpaired) electrons. The molecule has 24 heavy (non-hydrogen) atoms. The molecular weight excluding hydrogens is 320 g/mol. The van der Waals surface area contributed by atoms with E-state index in [9.17, 15) is 10.1 Å². The predicted molar refractivity (Wildman–Crippen MR) is 95.5 cm³/mol. The van der Waals surface area contributed by atoms with Crippen molar-refractivity contribution >= 4 is 27.5 Å². The number of nitrogens with zero attached hydrogens (tertiary/aromatic N) is 3. The minimum absolute atomic E-state index is 0.0439. The van der Waals surface area contributed by atoms with Crippen LogP contribution in [0.5, 0.6) is 0 Å². The first kappa shape index (κ1) is 16.9. The smallest absolute Gasteiger partial charge is 0.235 e. The third-order valence-corrected chi connectivity index (χ3v) is 5.95. The van der Waals surface area contributed by atoms with Crippen LogP contribution in [0.25, 0.3) is 10.2 Å². The van der Waals surface area contributed by atoms with Crippen molar-refractivity contribution in [2.45, 2.75) is 38.3 Å². The lowest BCUT2D eigenvalue weighted by atomic mass is 9.98. The molecular formula is C18H22N4OS. The summed E-state index contributed by atoms with van der Waals surface area (Å²) >= 11 is 1.66. The van der Waals surface area contributed by atoms with Gasteiger partial charge >= 0.3 is 0 Å². The first-order valence-electron chi connectivity index (χ1n) is 8.21. The van der Waals surface area contributed by atoms with Crippen LogP contribution < -0.4 is 5.32 Å². The van der Waals surface area contributed by atoms with Crippen LogP contribution in [-0.4, -0.2) is 34.9 Å². The van der Waals surface area contributed by atoms with Gasteiger partial charge in [0.25, 0.3) is 0 Å².